The van der Waals surface area contributed by atoms with Gasteiger partial charge in [0, 0.05) is 59.3 Å². The quantitative estimate of drug-likeness (QED) is 0.206. The number of esters is 3. The van der Waals surface area contributed by atoms with E-state index in [0.29, 0.717) is 31.4 Å². The number of hydrogen-bond acceptors (Lipinski definition) is 9. The average Bonchev–Trinajstić information content (AvgIpc) is 3.69. The van der Waals surface area contributed by atoms with Gasteiger partial charge in [0.05, 0.1) is 31.3 Å². The van der Waals surface area contributed by atoms with E-state index in [4.69, 9.17) is 23.4 Å². The molecule has 0 radical (unpaired) electrons. The molecule has 0 aromatic carbocycles. The van der Waals surface area contributed by atoms with Gasteiger partial charge in [-0.2, -0.15) is 0 Å². The van der Waals surface area contributed by atoms with Crippen LogP contribution in [0.15, 0.2) is 46.3 Å². The van der Waals surface area contributed by atoms with Gasteiger partial charge >= 0.3 is 17.9 Å². The molecule has 6 rings (SSSR count). The Balaban J connectivity index is 1.54. The van der Waals surface area contributed by atoms with Crippen LogP contribution in [0.2, 0.25) is 0 Å². The van der Waals surface area contributed by atoms with Crippen LogP contribution in [0.1, 0.15) is 86.1 Å². The van der Waals surface area contributed by atoms with Crippen molar-refractivity contribution < 1.29 is 42.9 Å². The highest BCUT2D eigenvalue weighted by Crippen LogP contribution is 2.75. The molecule has 4 fully saturated rings. The summed E-state index contributed by atoms with van der Waals surface area (Å²) < 4.78 is 30.6. The number of allylic oxidation sites excluding steroid dienone is 2. The van der Waals surface area contributed by atoms with Crippen molar-refractivity contribution in [1.82, 2.24) is 0 Å². The zero-order chi connectivity index (χ0) is 32.0. The second kappa shape index (κ2) is 10.3. The summed E-state index contributed by atoms with van der Waals surface area (Å²) in [6.07, 6.45) is 5.61. The van der Waals surface area contributed by atoms with Crippen LogP contribution in [0.4, 0.5) is 0 Å². The lowest BCUT2D eigenvalue weighted by Gasteiger charge is -2.70. The lowest BCUT2D eigenvalue weighted by atomic mass is 9.36. The van der Waals surface area contributed by atoms with Gasteiger partial charge in [-0.05, 0) is 44.2 Å². The number of fused-ring (bicyclic) bond motifs is 4. The fourth-order valence-corrected chi connectivity index (χ4v) is 10.6. The van der Waals surface area contributed by atoms with Crippen molar-refractivity contribution in [3.8, 4) is 0 Å². The van der Waals surface area contributed by atoms with E-state index in [0.717, 1.165) is 11.1 Å². The molecule has 1 aromatic rings. The first-order chi connectivity index (χ1) is 20.6. The van der Waals surface area contributed by atoms with Crippen LogP contribution >= 0.6 is 0 Å². The Morgan fingerprint density at radius 2 is 1.64 bits per heavy atom. The van der Waals surface area contributed by atoms with Crippen LogP contribution < -0.4 is 0 Å². The fourth-order valence-electron chi connectivity index (χ4n) is 10.6. The van der Waals surface area contributed by atoms with Crippen LogP contribution in [0.25, 0.3) is 0 Å². The predicted octanol–water partition coefficient (Wildman–Crippen LogP) is 5.27. The summed E-state index contributed by atoms with van der Waals surface area (Å²) in [6.45, 7) is 15.1. The number of hydrogen-bond donors (Lipinski definition) is 1. The molecule has 0 bridgehead atoms. The summed E-state index contributed by atoms with van der Waals surface area (Å²) in [5.74, 6) is -1.79. The highest BCUT2D eigenvalue weighted by molar-refractivity contribution is 5.87. The van der Waals surface area contributed by atoms with Gasteiger partial charge in [-0.15, -0.1) is 0 Å². The standard InChI is InChI=1S/C35H46O9/c1-9-18(2)31(39)44-27-15-25(42-19(3)36)32(5)17-41-28-29(32)35(27,8)24-14-26(43-20(4)37)33(6)22(21-12-13-40-16-21)10-11-23(33)34(24,7)30(28)38/h9,11-13,16,22,24-30,38H,10,14-15,17H2,1-8H3/b18-9+/t22-,24-,25+,26-,27-,28+,29?,30+,32+,33-,34-,35-/m0/s1. The molecule has 240 valence electrons. The lowest BCUT2D eigenvalue weighted by molar-refractivity contribution is -0.270. The monoisotopic (exact) mass is 610 g/mol. The van der Waals surface area contributed by atoms with Crippen molar-refractivity contribution >= 4 is 17.9 Å². The third kappa shape index (κ3) is 4.00. The minimum absolute atomic E-state index is 0.0171. The van der Waals surface area contributed by atoms with E-state index in [1.165, 1.54) is 13.8 Å². The molecule has 1 N–H and O–H groups in total. The maximum absolute atomic E-state index is 13.4. The molecular weight excluding hydrogens is 564 g/mol. The summed E-state index contributed by atoms with van der Waals surface area (Å²) in [5.41, 5.74) is -0.215. The van der Waals surface area contributed by atoms with Crippen molar-refractivity contribution in [2.75, 3.05) is 6.61 Å². The number of rotatable bonds is 5. The number of aliphatic hydroxyl groups is 1. The molecule has 5 aliphatic rings. The SMILES string of the molecule is C/C=C(\C)C(=O)O[C@H]1C[C@@H](OC(C)=O)[C@@]2(C)CO[C@@H]3C2[C@@]1(C)[C@H]1C[C@H](OC(C)=O)[C@]2(C)C(=CC[C@H]2c2ccoc2)[C@]1(C)[C@@H]3O. The summed E-state index contributed by atoms with van der Waals surface area (Å²) in [7, 11) is 0. The van der Waals surface area contributed by atoms with Crippen molar-refractivity contribution in [3.63, 3.8) is 0 Å². The summed E-state index contributed by atoms with van der Waals surface area (Å²) in [5, 5.41) is 12.5. The largest absolute Gasteiger partial charge is 0.472 e. The number of carbonyl (C=O) groups excluding carboxylic acids is 3. The molecule has 9 nitrogen and oxygen atoms in total. The van der Waals surface area contributed by atoms with Crippen molar-refractivity contribution in [3.05, 3.63) is 47.5 Å². The minimum Gasteiger partial charge on any atom is -0.472 e. The van der Waals surface area contributed by atoms with E-state index < -0.39 is 64.1 Å². The number of carbonyl (C=O) groups is 3. The van der Waals surface area contributed by atoms with E-state index in [-0.39, 0.29) is 23.7 Å². The summed E-state index contributed by atoms with van der Waals surface area (Å²) >= 11 is 0. The maximum atomic E-state index is 13.4. The van der Waals surface area contributed by atoms with Crippen LogP contribution in [0.3, 0.4) is 0 Å². The van der Waals surface area contributed by atoms with Crippen LogP contribution in [-0.4, -0.2) is 60.1 Å². The van der Waals surface area contributed by atoms with Gasteiger partial charge in [-0.3, -0.25) is 9.59 Å². The van der Waals surface area contributed by atoms with Gasteiger partial charge in [0.2, 0.25) is 0 Å². The molecule has 0 spiro atoms. The topological polar surface area (TPSA) is 122 Å². The lowest BCUT2D eigenvalue weighted by Crippen LogP contribution is -2.74. The molecule has 4 aliphatic carbocycles. The molecule has 12 atom stereocenters. The molecule has 1 saturated heterocycles. The number of furan rings is 1. The Kier molecular flexibility index (Phi) is 7.28. The minimum atomic E-state index is -0.899. The molecule has 44 heavy (non-hydrogen) atoms. The van der Waals surface area contributed by atoms with E-state index in [1.54, 1.807) is 32.4 Å². The first-order valence-electron chi connectivity index (χ1n) is 15.9. The normalized spacial score (nSPS) is 45.8. The second-order valence-electron chi connectivity index (χ2n) is 14.7. The van der Waals surface area contributed by atoms with E-state index >= 15 is 0 Å². The Morgan fingerprint density at radius 1 is 0.955 bits per heavy atom. The molecule has 2 heterocycles. The Morgan fingerprint density at radius 3 is 2.25 bits per heavy atom. The molecule has 1 aromatic heterocycles. The highest BCUT2D eigenvalue weighted by atomic mass is 16.6. The molecular formula is C35H46O9. The summed E-state index contributed by atoms with van der Waals surface area (Å²) in [6, 6.07) is 1.96. The van der Waals surface area contributed by atoms with E-state index in [2.05, 4.69) is 33.8 Å². The number of ether oxygens (including phenoxy) is 4. The zero-order valence-electron chi connectivity index (χ0n) is 27.0. The van der Waals surface area contributed by atoms with Gasteiger partial charge < -0.3 is 28.5 Å². The van der Waals surface area contributed by atoms with Gasteiger partial charge in [-0.25, -0.2) is 4.79 Å². The summed E-state index contributed by atoms with van der Waals surface area (Å²) in [4.78, 5) is 38.4. The van der Waals surface area contributed by atoms with E-state index in [1.807, 2.05) is 6.07 Å². The van der Waals surface area contributed by atoms with Crippen LogP contribution in [-0.2, 0) is 33.3 Å². The fraction of sp³-hybridized carbons (Fsp3) is 0.686. The Labute approximate surface area is 259 Å². The van der Waals surface area contributed by atoms with Gasteiger partial charge in [-0.1, -0.05) is 45.4 Å². The van der Waals surface area contributed by atoms with Crippen molar-refractivity contribution in [1.29, 1.82) is 0 Å². The van der Waals surface area contributed by atoms with Gasteiger partial charge in [0.25, 0.3) is 0 Å². The predicted molar refractivity (Wildman–Crippen MR) is 159 cm³/mol. The molecule has 1 aliphatic heterocycles. The third-order valence-corrected chi connectivity index (χ3v) is 12.7. The molecule has 3 saturated carbocycles. The van der Waals surface area contributed by atoms with Crippen molar-refractivity contribution in [2.45, 2.75) is 111 Å². The Hall–Kier alpha value is -2.91. The van der Waals surface area contributed by atoms with Crippen LogP contribution in [0.5, 0.6) is 0 Å². The smallest absolute Gasteiger partial charge is 0.333 e. The first-order valence-corrected chi connectivity index (χ1v) is 15.9. The van der Waals surface area contributed by atoms with Crippen LogP contribution in [0, 0.1) is 33.5 Å². The van der Waals surface area contributed by atoms with Gasteiger partial charge in [0.1, 0.15) is 18.3 Å². The Bertz CT molecular complexity index is 1410. The van der Waals surface area contributed by atoms with Gasteiger partial charge in [0.15, 0.2) is 0 Å². The molecule has 1 unspecified atom stereocenters. The first kappa shape index (κ1) is 31.1. The third-order valence-electron chi connectivity index (χ3n) is 12.7. The molecule has 9 heteroatoms. The average molecular weight is 611 g/mol. The highest BCUT2D eigenvalue weighted by Gasteiger charge is 2.78. The van der Waals surface area contributed by atoms with Crippen molar-refractivity contribution in [2.24, 2.45) is 33.5 Å². The zero-order valence-corrected chi connectivity index (χ0v) is 27.0. The number of aliphatic hydroxyl groups excluding tert-OH is 1. The second-order valence-corrected chi connectivity index (χ2v) is 14.7. The van der Waals surface area contributed by atoms with E-state index in [9.17, 15) is 19.5 Å². The maximum Gasteiger partial charge on any atom is 0.333 e. The molecule has 0 amide bonds.